The highest BCUT2D eigenvalue weighted by Gasteiger charge is 2.01. The van der Waals surface area contributed by atoms with Gasteiger partial charge in [-0.2, -0.15) is 4.98 Å². The fourth-order valence-corrected chi connectivity index (χ4v) is 1.18. The molecule has 0 aliphatic carbocycles. The lowest BCUT2D eigenvalue weighted by atomic mass is 10.1. The molecule has 96 valence electrons. The minimum absolute atomic E-state index is 0.224. The van der Waals surface area contributed by atoms with Gasteiger partial charge in [-0.25, -0.2) is 4.39 Å². The molecule has 0 bridgehead atoms. The highest BCUT2D eigenvalue weighted by molar-refractivity contribution is 5.21. The fraction of sp³-hybridized carbons (Fsp3) is 0.111. The Bertz CT molecular complexity index is 509. The molecule has 4 N–H and O–H groups in total. The molecule has 8 nitrogen and oxygen atoms in total. The standard InChI is InChI=1S/C9H9FN4.HNO3/c10-7-3-1-6(2-4-7)5-8-12-9(11)14-13-8;2-1(3)4/h1-4H,5H2,(H3,11,12,13,14);(H,2,3,4). The van der Waals surface area contributed by atoms with Gasteiger partial charge in [0.2, 0.25) is 5.95 Å². The van der Waals surface area contributed by atoms with Gasteiger partial charge in [0.25, 0.3) is 5.09 Å². The van der Waals surface area contributed by atoms with E-state index in [-0.39, 0.29) is 11.8 Å². The van der Waals surface area contributed by atoms with Gasteiger partial charge in [-0.3, -0.25) is 5.10 Å². The fourth-order valence-electron chi connectivity index (χ4n) is 1.18. The molecule has 0 aliphatic heterocycles. The molecule has 0 amide bonds. The summed E-state index contributed by atoms with van der Waals surface area (Å²) in [5, 5.41) is 20.0. The van der Waals surface area contributed by atoms with E-state index in [1.165, 1.54) is 12.1 Å². The van der Waals surface area contributed by atoms with Crippen molar-refractivity contribution in [3.63, 3.8) is 0 Å². The van der Waals surface area contributed by atoms with Crippen molar-refractivity contribution in [3.8, 4) is 0 Å². The molecule has 1 heterocycles. The van der Waals surface area contributed by atoms with Crippen LogP contribution in [0.1, 0.15) is 11.4 Å². The SMILES string of the molecule is Nc1n[nH]c(Cc2ccc(F)cc2)n1.O=[N+]([O-])O. The average molecular weight is 255 g/mol. The normalized spacial score (nSPS) is 9.39. The molecule has 0 atom stereocenters. The Morgan fingerprint density at radius 2 is 2.00 bits per heavy atom. The van der Waals surface area contributed by atoms with Crippen LogP contribution in [0.3, 0.4) is 0 Å². The van der Waals surface area contributed by atoms with Gasteiger partial charge in [-0.1, -0.05) is 12.1 Å². The number of aromatic amines is 1. The quantitative estimate of drug-likeness (QED) is 0.536. The minimum atomic E-state index is -1.50. The summed E-state index contributed by atoms with van der Waals surface area (Å²) in [6.45, 7) is 0. The predicted molar refractivity (Wildman–Crippen MR) is 58.8 cm³/mol. The smallest absolute Gasteiger partial charge is 0.291 e. The van der Waals surface area contributed by atoms with Gasteiger partial charge >= 0.3 is 0 Å². The summed E-state index contributed by atoms with van der Waals surface area (Å²) < 4.78 is 12.6. The van der Waals surface area contributed by atoms with E-state index < -0.39 is 5.09 Å². The summed E-state index contributed by atoms with van der Waals surface area (Å²) in [5.74, 6) is 0.655. The maximum Gasteiger partial charge on any atom is 0.291 e. The van der Waals surface area contributed by atoms with Gasteiger partial charge in [-0.15, -0.1) is 15.2 Å². The maximum atomic E-state index is 12.6. The Hall–Kier alpha value is -2.71. The van der Waals surface area contributed by atoms with Crippen LogP contribution in [0.5, 0.6) is 0 Å². The summed E-state index contributed by atoms with van der Waals surface area (Å²) in [4.78, 5) is 12.3. The van der Waals surface area contributed by atoms with Crippen LogP contribution < -0.4 is 5.73 Å². The van der Waals surface area contributed by atoms with Gasteiger partial charge in [0.15, 0.2) is 0 Å². The van der Waals surface area contributed by atoms with Gasteiger partial charge in [0.05, 0.1) is 0 Å². The van der Waals surface area contributed by atoms with E-state index in [0.717, 1.165) is 5.56 Å². The number of halogens is 1. The maximum absolute atomic E-state index is 12.6. The number of hydrogen-bond acceptors (Lipinski definition) is 5. The summed E-state index contributed by atoms with van der Waals surface area (Å²) >= 11 is 0. The van der Waals surface area contributed by atoms with Crippen LogP contribution in [0, 0.1) is 15.9 Å². The van der Waals surface area contributed by atoms with Crippen molar-refractivity contribution in [2.45, 2.75) is 6.42 Å². The molecule has 1 aromatic heterocycles. The highest BCUT2D eigenvalue weighted by atomic mass is 19.1. The number of nitrogens with one attached hydrogen (secondary N) is 1. The summed E-state index contributed by atoms with van der Waals surface area (Å²) in [5.41, 5.74) is 6.30. The first-order valence-corrected chi connectivity index (χ1v) is 4.72. The summed E-state index contributed by atoms with van der Waals surface area (Å²) in [7, 11) is 0. The molecule has 0 saturated heterocycles. The minimum Gasteiger partial charge on any atom is -0.367 e. The lowest BCUT2D eigenvalue weighted by molar-refractivity contribution is -0.742. The van der Waals surface area contributed by atoms with Gasteiger partial charge in [0, 0.05) is 6.42 Å². The van der Waals surface area contributed by atoms with E-state index in [2.05, 4.69) is 15.2 Å². The molecular formula is C9H10FN5O3. The second kappa shape index (κ2) is 6.13. The van der Waals surface area contributed by atoms with Crippen molar-refractivity contribution in [1.82, 2.24) is 15.2 Å². The molecule has 0 radical (unpaired) electrons. The molecule has 0 unspecified atom stereocenters. The van der Waals surface area contributed by atoms with Crippen LogP contribution in [0.4, 0.5) is 10.3 Å². The van der Waals surface area contributed by atoms with E-state index in [9.17, 15) is 4.39 Å². The largest absolute Gasteiger partial charge is 0.367 e. The molecule has 0 saturated carbocycles. The van der Waals surface area contributed by atoms with Crippen molar-refractivity contribution >= 4 is 5.95 Å². The Labute approximate surface area is 100 Å². The van der Waals surface area contributed by atoms with Crippen LogP contribution in [-0.4, -0.2) is 25.5 Å². The number of nitrogens with zero attached hydrogens (tertiary/aromatic N) is 3. The number of benzene rings is 1. The Morgan fingerprint density at radius 1 is 1.44 bits per heavy atom. The van der Waals surface area contributed by atoms with Crippen LogP contribution in [0.2, 0.25) is 0 Å². The lowest BCUT2D eigenvalue weighted by Gasteiger charge is -1.96. The summed E-state index contributed by atoms with van der Waals surface area (Å²) in [6.07, 6.45) is 0.574. The molecule has 2 aromatic rings. The zero-order valence-electron chi connectivity index (χ0n) is 9.08. The van der Waals surface area contributed by atoms with Crippen molar-refractivity contribution in [1.29, 1.82) is 0 Å². The van der Waals surface area contributed by atoms with Crippen molar-refractivity contribution < 1.29 is 14.7 Å². The zero-order chi connectivity index (χ0) is 13.5. The van der Waals surface area contributed by atoms with E-state index in [0.29, 0.717) is 12.2 Å². The molecular weight excluding hydrogens is 245 g/mol. The summed E-state index contributed by atoms with van der Waals surface area (Å²) in [6, 6.07) is 6.23. The zero-order valence-corrected chi connectivity index (χ0v) is 9.08. The first-order valence-electron chi connectivity index (χ1n) is 4.72. The van der Waals surface area contributed by atoms with Gasteiger partial charge < -0.3 is 10.9 Å². The van der Waals surface area contributed by atoms with Crippen LogP contribution in [0.25, 0.3) is 0 Å². The van der Waals surface area contributed by atoms with Gasteiger partial charge in [-0.05, 0) is 17.7 Å². The van der Waals surface area contributed by atoms with E-state index >= 15 is 0 Å². The van der Waals surface area contributed by atoms with E-state index in [4.69, 9.17) is 21.1 Å². The van der Waals surface area contributed by atoms with Gasteiger partial charge in [0.1, 0.15) is 11.6 Å². The molecule has 2 rings (SSSR count). The van der Waals surface area contributed by atoms with Crippen molar-refractivity contribution in [2.24, 2.45) is 0 Å². The molecule has 1 aromatic carbocycles. The third kappa shape index (κ3) is 4.88. The highest BCUT2D eigenvalue weighted by Crippen LogP contribution is 2.07. The van der Waals surface area contributed by atoms with Crippen LogP contribution >= 0.6 is 0 Å². The number of nitrogens with two attached hydrogens (primary N) is 1. The second-order valence-corrected chi connectivity index (χ2v) is 3.18. The number of hydrogen-bond donors (Lipinski definition) is 3. The molecule has 0 spiro atoms. The Kier molecular flexibility index (Phi) is 4.55. The van der Waals surface area contributed by atoms with Crippen LogP contribution in [-0.2, 0) is 6.42 Å². The Morgan fingerprint density at radius 3 is 2.44 bits per heavy atom. The number of nitrogen functional groups attached to an aromatic ring is 1. The first-order chi connectivity index (χ1) is 8.47. The second-order valence-electron chi connectivity index (χ2n) is 3.18. The van der Waals surface area contributed by atoms with Crippen molar-refractivity contribution in [3.05, 3.63) is 51.6 Å². The third-order valence-corrected chi connectivity index (χ3v) is 1.83. The average Bonchev–Trinajstić information content (AvgIpc) is 2.67. The lowest BCUT2D eigenvalue weighted by Crippen LogP contribution is -1.91. The molecule has 18 heavy (non-hydrogen) atoms. The van der Waals surface area contributed by atoms with E-state index in [1.54, 1.807) is 12.1 Å². The molecule has 0 aliphatic rings. The monoisotopic (exact) mass is 255 g/mol. The third-order valence-electron chi connectivity index (χ3n) is 1.83. The number of H-pyrrole nitrogens is 1. The number of anilines is 1. The number of rotatable bonds is 2. The first kappa shape index (κ1) is 13.4. The van der Waals surface area contributed by atoms with Crippen molar-refractivity contribution in [2.75, 3.05) is 5.73 Å². The van der Waals surface area contributed by atoms with Crippen LogP contribution in [0.15, 0.2) is 24.3 Å². The topological polar surface area (TPSA) is 131 Å². The number of aromatic nitrogens is 3. The molecule has 0 fully saturated rings. The predicted octanol–water partition coefficient (Wildman–Crippen LogP) is 0.769. The van der Waals surface area contributed by atoms with E-state index in [1.807, 2.05) is 0 Å². The molecule has 9 heteroatoms. The Balaban J connectivity index is 0.000000357.